The lowest BCUT2D eigenvalue weighted by Crippen LogP contribution is -2.36. The van der Waals surface area contributed by atoms with Gasteiger partial charge in [0.05, 0.1) is 25.2 Å². The van der Waals surface area contributed by atoms with Gasteiger partial charge in [-0.05, 0) is 52.8 Å². The zero-order valence-electron chi connectivity index (χ0n) is 18.6. The van der Waals surface area contributed by atoms with Crippen molar-refractivity contribution >= 4 is 29.5 Å². The van der Waals surface area contributed by atoms with Gasteiger partial charge in [-0.1, -0.05) is 0 Å². The van der Waals surface area contributed by atoms with Gasteiger partial charge in [0.15, 0.2) is 5.78 Å². The Labute approximate surface area is 185 Å². The number of anilines is 1. The molecular weight excluding hydrogens is 418 g/mol. The van der Waals surface area contributed by atoms with Crippen molar-refractivity contribution in [2.24, 2.45) is 0 Å². The van der Waals surface area contributed by atoms with E-state index in [9.17, 15) is 19.2 Å². The summed E-state index contributed by atoms with van der Waals surface area (Å²) in [5.41, 5.74) is -0.517. The molecule has 0 saturated carbocycles. The van der Waals surface area contributed by atoms with Crippen molar-refractivity contribution in [1.29, 1.82) is 0 Å². The average Bonchev–Trinajstić information content (AvgIpc) is 3.03. The molecule has 3 rings (SSSR count). The van der Waals surface area contributed by atoms with Crippen LogP contribution in [0.15, 0.2) is 22.6 Å². The van der Waals surface area contributed by atoms with Crippen LogP contribution in [0.3, 0.4) is 0 Å². The van der Waals surface area contributed by atoms with Gasteiger partial charge in [0.1, 0.15) is 28.2 Å². The number of carbonyl (C=O) groups is 4. The predicted octanol–water partition coefficient (Wildman–Crippen LogP) is 3.94. The van der Waals surface area contributed by atoms with Crippen LogP contribution < -0.4 is 10.1 Å². The van der Waals surface area contributed by atoms with E-state index in [-0.39, 0.29) is 53.8 Å². The molecule has 2 aromatic rings. The summed E-state index contributed by atoms with van der Waals surface area (Å²) in [6.45, 7) is 8.49. The molecule has 0 atom stereocenters. The van der Waals surface area contributed by atoms with Crippen molar-refractivity contribution in [1.82, 2.24) is 0 Å². The maximum Gasteiger partial charge on any atom is 0.344 e. The number of rotatable bonds is 6. The Bertz CT molecular complexity index is 1100. The second kappa shape index (κ2) is 8.86. The van der Waals surface area contributed by atoms with Gasteiger partial charge in [-0.25, -0.2) is 9.59 Å². The van der Waals surface area contributed by atoms with Crippen molar-refractivity contribution in [3.63, 3.8) is 0 Å². The van der Waals surface area contributed by atoms with Crippen LogP contribution in [0.5, 0.6) is 5.75 Å². The fraction of sp³-hybridized carbons (Fsp3) is 0.391. The minimum Gasteiger partial charge on any atom is -0.487 e. The molecule has 9 heteroatoms. The SMILES string of the molecule is CCOC(=O)c1c(C)oc(NC(=O)c2ccc3c(c2)C(=O)CC(C)(C)O3)c1C(=O)OCC. The first kappa shape index (κ1) is 23.1. The number of ketones is 1. The third kappa shape index (κ3) is 4.51. The Balaban J connectivity index is 1.95. The quantitative estimate of drug-likeness (QED) is 0.667. The van der Waals surface area contributed by atoms with Crippen LogP contribution in [-0.4, -0.2) is 42.4 Å². The highest BCUT2D eigenvalue weighted by molar-refractivity contribution is 6.12. The molecule has 0 radical (unpaired) electrons. The fourth-order valence-electron chi connectivity index (χ4n) is 3.45. The molecule has 0 saturated heterocycles. The molecule has 1 aliphatic heterocycles. The summed E-state index contributed by atoms with van der Waals surface area (Å²) in [7, 11) is 0. The first-order valence-corrected chi connectivity index (χ1v) is 10.2. The molecule has 0 fully saturated rings. The molecule has 1 aromatic carbocycles. The first-order valence-electron chi connectivity index (χ1n) is 10.2. The summed E-state index contributed by atoms with van der Waals surface area (Å²) in [4.78, 5) is 50.3. The zero-order valence-corrected chi connectivity index (χ0v) is 18.6. The lowest BCUT2D eigenvalue weighted by atomic mass is 9.92. The minimum atomic E-state index is -0.834. The number of hydrogen-bond donors (Lipinski definition) is 1. The Morgan fingerprint density at radius 1 is 1.06 bits per heavy atom. The Kier molecular flexibility index (Phi) is 6.38. The number of fused-ring (bicyclic) bond motifs is 1. The molecule has 1 N–H and O–H groups in total. The maximum atomic E-state index is 12.9. The molecule has 0 aliphatic carbocycles. The molecule has 170 valence electrons. The van der Waals surface area contributed by atoms with Gasteiger partial charge in [-0.3, -0.25) is 14.9 Å². The number of furan rings is 1. The van der Waals surface area contributed by atoms with Crippen LogP contribution in [0.4, 0.5) is 5.88 Å². The highest BCUT2D eigenvalue weighted by Crippen LogP contribution is 2.34. The topological polar surface area (TPSA) is 121 Å². The Hall–Kier alpha value is -3.62. The van der Waals surface area contributed by atoms with Gasteiger partial charge in [-0.2, -0.15) is 0 Å². The van der Waals surface area contributed by atoms with Crippen LogP contribution in [0.25, 0.3) is 0 Å². The van der Waals surface area contributed by atoms with E-state index in [1.54, 1.807) is 19.9 Å². The smallest absolute Gasteiger partial charge is 0.344 e. The van der Waals surface area contributed by atoms with Crippen LogP contribution >= 0.6 is 0 Å². The van der Waals surface area contributed by atoms with Crippen molar-refractivity contribution < 1.29 is 37.8 Å². The second-order valence-electron chi connectivity index (χ2n) is 7.81. The summed E-state index contributed by atoms with van der Waals surface area (Å²) in [6, 6.07) is 4.47. The number of Topliss-reactive ketones (excluding diaryl/α,β-unsaturated/α-hetero) is 1. The highest BCUT2D eigenvalue weighted by atomic mass is 16.5. The summed E-state index contributed by atoms with van der Waals surface area (Å²) in [5.74, 6) is -2.13. The number of nitrogens with one attached hydrogen (secondary N) is 1. The third-order valence-corrected chi connectivity index (χ3v) is 4.79. The van der Waals surface area contributed by atoms with Crippen molar-refractivity contribution in [3.8, 4) is 5.75 Å². The number of amides is 1. The van der Waals surface area contributed by atoms with Gasteiger partial charge in [0.2, 0.25) is 5.88 Å². The number of esters is 2. The van der Waals surface area contributed by atoms with Crippen LogP contribution in [0.1, 0.15) is 81.3 Å². The predicted molar refractivity (Wildman–Crippen MR) is 113 cm³/mol. The minimum absolute atomic E-state index is 0.0575. The fourth-order valence-corrected chi connectivity index (χ4v) is 3.45. The van der Waals surface area contributed by atoms with E-state index in [0.29, 0.717) is 11.3 Å². The molecule has 0 spiro atoms. The average molecular weight is 443 g/mol. The van der Waals surface area contributed by atoms with Gasteiger partial charge in [0.25, 0.3) is 5.91 Å². The van der Waals surface area contributed by atoms with Crippen molar-refractivity contribution in [2.75, 3.05) is 18.5 Å². The second-order valence-corrected chi connectivity index (χ2v) is 7.81. The molecule has 1 aromatic heterocycles. The Morgan fingerprint density at radius 3 is 2.31 bits per heavy atom. The van der Waals surface area contributed by atoms with Crippen molar-refractivity contribution in [3.05, 3.63) is 46.2 Å². The summed E-state index contributed by atoms with van der Waals surface area (Å²) < 4.78 is 21.3. The first-order chi connectivity index (χ1) is 15.1. The van der Waals surface area contributed by atoms with Gasteiger partial charge in [0, 0.05) is 5.56 Å². The van der Waals surface area contributed by atoms with E-state index < -0.39 is 23.4 Å². The van der Waals surface area contributed by atoms with Crippen LogP contribution in [0, 0.1) is 6.92 Å². The maximum absolute atomic E-state index is 12.9. The largest absolute Gasteiger partial charge is 0.487 e. The molecule has 2 heterocycles. The number of carbonyl (C=O) groups excluding carboxylic acids is 4. The number of ether oxygens (including phenoxy) is 3. The monoisotopic (exact) mass is 443 g/mol. The van der Waals surface area contributed by atoms with Gasteiger partial charge < -0.3 is 18.6 Å². The molecule has 1 amide bonds. The van der Waals surface area contributed by atoms with Crippen molar-refractivity contribution in [2.45, 2.75) is 46.6 Å². The number of hydrogen-bond acceptors (Lipinski definition) is 8. The zero-order chi connectivity index (χ0) is 23.6. The summed E-state index contributed by atoms with van der Waals surface area (Å²) >= 11 is 0. The summed E-state index contributed by atoms with van der Waals surface area (Å²) in [5, 5.41) is 2.50. The third-order valence-electron chi connectivity index (χ3n) is 4.79. The van der Waals surface area contributed by atoms with E-state index in [1.165, 1.54) is 19.1 Å². The highest BCUT2D eigenvalue weighted by Gasteiger charge is 2.34. The van der Waals surface area contributed by atoms with Gasteiger partial charge in [-0.15, -0.1) is 0 Å². The molecular formula is C23H25NO8. The Morgan fingerprint density at radius 2 is 1.69 bits per heavy atom. The van der Waals surface area contributed by atoms with E-state index >= 15 is 0 Å². The van der Waals surface area contributed by atoms with E-state index in [1.807, 2.05) is 13.8 Å². The standard InChI is InChI=1S/C23H25NO8/c1-6-29-21(27)17-12(3)31-20(18(17)22(28)30-7-2)24-19(26)13-8-9-16-14(10-13)15(25)11-23(4,5)32-16/h8-10H,6-7,11H2,1-5H3,(H,24,26). The molecule has 9 nitrogen and oxygen atoms in total. The van der Waals surface area contributed by atoms with E-state index in [2.05, 4.69) is 5.32 Å². The lowest BCUT2D eigenvalue weighted by Gasteiger charge is -2.31. The normalized spacial score (nSPS) is 14.2. The lowest BCUT2D eigenvalue weighted by molar-refractivity contribution is 0.0480. The van der Waals surface area contributed by atoms with E-state index in [0.717, 1.165) is 0 Å². The molecule has 0 bridgehead atoms. The number of aryl methyl sites for hydroxylation is 1. The molecule has 32 heavy (non-hydrogen) atoms. The summed E-state index contributed by atoms with van der Waals surface area (Å²) in [6.07, 6.45) is 0.179. The van der Waals surface area contributed by atoms with Gasteiger partial charge >= 0.3 is 11.9 Å². The molecule has 0 unspecified atom stereocenters. The van der Waals surface area contributed by atoms with Crippen LogP contribution in [0.2, 0.25) is 0 Å². The molecule has 1 aliphatic rings. The number of benzene rings is 1. The van der Waals surface area contributed by atoms with Crippen LogP contribution in [-0.2, 0) is 9.47 Å². The van der Waals surface area contributed by atoms with E-state index in [4.69, 9.17) is 18.6 Å².